The molecule has 1 aromatic heterocycles. The van der Waals surface area contributed by atoms with Gasteiger partial charge in [0.2, 0.25) is 5.88 Å². The highest BCUT2D eigenvalue weighted by atomic mass is 19.4. The Labute approximate surface area is 171 Å². The lowest BCUT2D eigenvalue weighted by atomic mass is 10.1. The van der Waals surface area contributed by atoms with E-state index in [2.05, 4.69) is 20.6 Å². The molecule has 2 N–H and O–H groups in total. The van der Waals surface area contributed by atoms with Gasteiger partial charge in [-0.15, -0.1) is 0 Å². The molecule has 0 aliphatic carbocycles. The predicted octanol–water partition coefficient (Wildman–Crippen LogP) is 5.20. The van der Waals surface area contributed by atoms with Crippen molar-refractivity contribution in [1.82, 2.24) is 9.97 Å². The summed E-state index contributed by atoms with van der Waals surface area (Å²) in [6, 6.07) is 12.5. The number of rotatable bonds is 6. The number of nitrogens with zero attached hydrogens (tertiary/aromatic N) is 2. The van der Waals surface area contributed by atoms with Crippen LogP contribution in [0.25, 0.3) is 0 Å². The van der Waals surface area contributed by atoms with Crippen molar-refractivity contribution in [3.8, 4) is 5.88 Å². The van der Waals surface area contributed by atoms with E-state index >= 15 is 0 Å². The van der Waals surface area contributed by atoms with Crippen molar-refractivity contribution < 1.29 is 22.7 Å². The number of halogens is 3. The average Bonchev–Trinajstić information content (AvgIpc) is 2.69. The lowest BCUT2D eigenvalue weighted by Crippen LogP contribution is -2.12. The van der Waals surface area contributed by atoms with Gasteiger partial charge in [0.1, 0.15) is 11.6 Å². The molecule has 0 unspecified atom stereocenters. The number of hydrogen-bond acceptors (Lipinski definition) is 5. The number of anilines is 3. The summed E-state index contributed by atoms with van der Waals surface area (Å²) in [6.45, 7) is 4.11. The van der Waals surface area contributed by atoms with Crippen LogP contribution in [0.5, 0.6) is 5.88 Å². The number of hydrogen-bond donors (Lipinski definition) is 2. The van der Waals surface area contributed by atoms with Gasteiger partial charge in [-0.3, -0.25) is 4.79 Å². The van der Waals surface area contributed by atoms with Crippen LogP contribution < -0.4 is 15.4 Å². The van der Waals surface area contributed by atoms with Crippen molar-refractivity contribution in [1.29, 1.82) is 0 Å². The van der Waals surface area contributed by atoms with Crippen molar-refractivity contribution in [2.75, 3.05) is 17.2 Å². The number of benzene rings is 2. The van der Waals surface area contributed by atoms with Crippen LogP contribution in [0.3, 0.4) is 0 Å². The number of aryl methyl sites for hydroxylation is 1. The molecule has 0 aliphatic heterocycles. The molecule has 0 saturated carbocycles. The van der Waals surface area contributed by atoms with E-state index in [1.807, 2.05) is 6.92 Å². The molecule has 0 fully saturated rings. The number of carbonyl (C=O) groups excluding carboxylic acids is 1. The summed E-state index contributed by atoms with van der Waals surface area (Å²) in [4.78, 5) is 20.7. The van der Waals surface area contributed by atoms with E-state index in [-0.39, 0.29) is 5.56 Å². The Balaban J connectivity index is 1.65. The van der Waals surface area contributed by atoms with Gasteiger partial charge in [-0.05, 0) is 62.4 Å². The van der Waals surface area contributed by atoms with Crippen LogP contribution in [0.2, 0.25) is 0 Å². The Hall–Kier alpha value is -3.62. The molecule has 0 aliphatic rings. The lowest BCUT2D eigenvalue weighted by Gasteiger charge is -2.10. The largest absolute Gasteiger partial charge is 0.478 e. The number of carbonyl (C=O) groups is 1. The fourth-order valence-corrected chi connectivity index (χ4v) is 2.62. The topological polar surface area (TPSA) is 76.1 Å². The van der Waals surface area contributed by atoms with Crippen molar-refractivity contribution in [2.24, 2.45) is 0 Å². The zero-order valence-electron chi connectivity index (χ0n) is 16.2. The highest BCUT2D eigenvalue weighted by Crippen LogP contribution is 2.29. The van der Waals surface area contributed by atoms with Crippen LogP contribution in [-0.4, -0.2) is 22.5 Å². The summed E-state index contributed by atoms with van der Waals surface area (Å²) in [5.41, 5.74) is 0.550. The van der Waals surface area contributed by atoms with Gasteiger partial charge in [0.15, 0.2) is 0 Å². The molecule has 0 saturated heterocycles. The third-order valence-corrected chi connectivity index (χ3v) is 4.00. The molecule has 0 atom stereocenters. The van der Waals surface area contributed by atoms with Gasteiger partial charge in [-0.1, -0.05) is 0 Å². The molecule has 156 valence electrons. The molecule has 0 spiro atoms. The van der Waals surface area contributed by atoms with Crippen LogP contribution in [0.15, 0.2) is 54.6 Å². The first kappa shape index (κ1) is 21.1. The minimum Gasteiger partial charge on any atom is -0.478 e. The quantitative estimate of drug-likeness (QED) is 0.578. The maximum absolute atomic E-state index is 12.6. The van der Waals surface area contributed by atoms with Crippen LogP contribution >= 0.6 is 0 Å². The Morgan fingerprint density at radius 3 is 2.23 bits per heavy atom. The van der Waals surface area contributed by atoms with Gasteiger partial charge in [0.05, 0.1) is 12.2 Å². The van der Waals surface area contributed by atoms with Crippen molar-refractivity contribution >= 4 is 23.1 Å². The summed E-state index contributed by atoms with van der Waals surface area (Å²) in [5.74, 6) is 1.08. The molecule has 1 heterocycles. The standard InChI is InChI=1S/C21H19F3N4O2/c1-3-30-19-12-18(25-13(2)26-19)27-16-8-10-17(11-9-16)28-20(29)14-4-6-15(7-5-14)21(22,23)24/h4-12H,3H2,1-2H3,(H,28,29)(H,25,26,27). The number of ether oxygens (including phenoxy) is 1. The first-order chi connectivity index (χ1) is 14.2. The highest BCUT2D eigenvalue weighted by molar-refractivity contribution is 6.04. The Bertz CT molecular complexity index is 1020. The third kappa shape index (κ3) is 5.47. The molecular formula is C21H19F3N4O2. The van der Waals surface area contributed by atoms with Crippen LogP contribution in [0.1, 0.15) is 28.7 Å². The zero-order chi connectivity index (χ0) is 21.7. The average molecular weight is 416 g/mol. The SMILES string of the molecule is CCOc1cc(Nc2ccc(NC(=O)c3ccc(C(F)(F)F)cc3)cc2)nc(C)n1. The van der Waals surface area contributed by atoms with Crippen molar-refractivity contribution in [3.05, 3.63) is 71.5 Å². The van der Waals surface area contributed by atoms with E-state index < -0.39 is 17.6 Å². The summed E-state index contributed by atoms with van der Waals surface area (Å²) in [5, 5.41) is 5.77. The van der Waals surface area contributed by atoms with E-state index in [4.69, 9.17) is 4.74 Å². The first-order valence-electron chi connectivity index (χ1n) is 9.09. The maximum atomic E-state index is 12.6. The van der Waals surface area contributed by atoms with Crippen LogP contribution in [0, 0.1) is 6.92 Å². The van der Waals surface area contributed by atoms with Gasteiger partial charge < -0.3 is 15.4 Å². The number of aromatic nitrogens is 2. The smallest absolute Gasteiger partial charge is 0.416 e. The van der Waals surface area contributed by atoms with Gasteiger partial charge >= 0.3 is 6.18 Å². The molecule has 0 radical (unpaired) electrons. The predicted molar refractivity (Wildman–Crippen MR) is 107 cm³/mol. The van der Waals surface area contributed by atoms with Crippen LogP contribution in [0.4, 0.5) is 30.4 Å². The summed E-state index contributed by atoms with van der Waals surface area (Å²) in [6.07, 6.45) is -4.44. The van der Waals surface area contributed by atoms with Crippen molar-refractivity contribution in [3.63, 3.8) is 0 Å². The minimum absolute atomic E-state index is 0.130. The minimum atomic E-state index is -4.44. The van der Waals surface area contributed by atoms with Gasteiger partial charge in [0, 0.05) is 23.0 Å². The van der Waals surface area contributed by atoms with E-state index in [1.54, 1.807) is 37.3 Å². The number of amides is 1. The second-order valence-corrected chi connectivity index (χ2v) is 6.30. The zero-order valence-corrected chi connectivity index (χ0v) is 16.2. The van der Waals surface area contributed by atoms with Crippen LogP contribution in [-0.2, 0) is 6.18 Å². The maximum Gasteiger partial charge on any atom is 0.416 e. The summed E-state index contributed by atoms with van der Waals surface area (Å²) < 4.78 is 43.3. The second-order valence-electron chi connectivity index (χ2n) is 6.30. The molecule has 1 amide bonds. The second kappa shape index (κ2) is 8.81. The molecule has 9 heteroatoms. The molecule has 3 rings (SSSR count). The highest BCUT2D eigenvalue weighted by Gasteiger charge is 2.30. The fourth-order valence-electron chi connectivity index (χ4n) is 2.62. The molecular weight excluding hydrogens is 397 g/mol. The molecule has 30 heavy (non-hydrogen) atoms. The van der Waals surface area contributed by atoms with Gasteiger partial charge in [0.25, 0.3) is 5.91 Å². The van der Waals surface area contributed by atoms with Gasteiger partial charge in [-0.2, -0.15) is 18.2 Å². The monoisotopic (exact) mass is 416 g/mol. The van der Waals surface area contributed by atoms with Gasteiger partial charge in [-0.25, -0.2) is 4.98 Å². The third-order valence-electron chi connectivity index (χ3n) is 4.00. The van der Waals surface area contributed by atoms with Crippen molar-refractivity contribution in [2.45, 2.75) is 20.0 Å². The molecule has 6 nitrogen and oxygen atoms in total. The number of alkyl halides is 3. The lowest BCUT2D eigenvalue weighted by molar-refractivity contribution is -0.137. The number of nitrogens with one attached hydrogen (secondary N) is 2. The molecule has 3 aromatic rings. The summed E-state index contributed by atoms with van der Waals surface area (Å²) in [7, 11) is 0. The van der Waals surface area contributed by atoms with E-state index in [0.717, 1.165) is 30.0 Å². The first-order valence-corrected chi connectivity index (χ1v) is 9.09. The Kier molecular flexibility index (Phi) is 6.20. The van der Waals surface area contributed by atoms with E-state index in [9.17, 15) is 18.0 Å². The fraction of sp³-hybridized carbons (Fsp3) is 0.190. The normalized spacial score (nSPS) is 11.1. The molecule has 0 bridgehead atoms. The summed E-state index contributed by atoms with van der Waals surface area (Å²) >= 11 is 0. The Morgan fingerprint density at radius 1 is 1.00 bits per heavy atom. The molecule has 2 aromatic carbocycles. The van der Waals surface area contributed by atoms with E-state index in [0.29, 0.717) is 29.8 Å². The van der Waals surface area contributed by atoms with E-state index in [1.165, 1.54) is 0 Å². The Morgan fingerprint density at radius 2 is 1.63 bits per heavy atom.